The van der Waals surface area contributed by atoms with Crippen LogP contribution in [0.15, 0.2) is 48.5 Å². The van der Waals surface area contributed by atoms with Crippen LogP contribution in [0.3, 0.4) is 0 Å². The van der Waals surface area contributed by atoms with E-state index >= 15 is 0 Å². The molecule has 0 saturated carbocycles. The molecule has 2 aromatic carbocycles. The minimum absolute atomic E-state index is 0.0412. The van der Waals surface area contributed by atoms with Gasteiger partial charge in [0.1, 0.15) is 0 Å². The van der Waals surface area contributed by atoms with Crippen molar-refractivity contribution in [1.82, 2.24) is 10.2 Å². The zero-order valence-corrected chi connectivity index (χ0v) is 18.1. The molecule has 0 aromatic heterocycles. The second-order valence-electron chi connectivity index (χ2n) is 8.03. The van der Waals surface area contributed by atoms with Gasteiger partial charge in [-0.25, -0.2) is 0 Å². The third-order valence-electron chi connectivity index (χ3n) is 5.70. The number of unbranched alkanes of at least 4 members (excludes halogenated alkanes) is 2. The summed E-state index contributed by atoms with van der Waals surface area (Å²) >= 11 is 0. The van der Waals surface area contributed by atoms with Crippen molar-refractivity contribution in [3.05, 3.63) is 59.7 Å². The minimum Gasteiger partial charge on any atom is -0.356 e. The van der Waals surface area contributed by atoms with Crippen LogP contribution in [0.1, 0.15) is 50.7 Å². The molecule has 30 heavy (non-hydrogen) atoms. The van der Waals surface area contributed by atoms with Gasteiger partial charge in [0, 0.05) is 37.4 Å². The highest BCUT2D eigenvalue weighted by Gasteiger charge is 2.33. The van der Waals surface area contributed by atoms with Crippen molar-refractivity contribution < 1.29 is 9.59 Å². The highest BCUT2D eigenvalue weighted by atomic mass is 16.2. The van der Waals surface area contributed by atoms with Crippen LogP contribution >= 0.6 is 0 Å². The van der Waals surface area contributed by atoms with Crippen LogP contribution in [0.25, 0.3) is 0 Å². The summed E-state index contributed by atoms with van der Waals surface area (Å²) in [5.74, 6) is -0.203. The highest BCUT2D eigenvalue weighted by Crippen LogP contribution is 2.20. The molecule has 2 aromatic rings. The van der Waals surface area contributed by atoms with Gasteiger partial charge in [0.05, 0.1) is 5.92 Å². The highest BCUT2D eigenvalue weighted by molar-refractivity contribution is 5.89. The third-order valence-corrected chi connectivity index (χ3v) is 5.70. The van der Waals surface area contributed by atoms with Crippen LogP contribution in [-0.2, 0) is 22.6 Å². The average Bonchev–Trinajstić information content (AvgIpc) is 3.15. The number of likely N-dealkylation sites (tertiary alicyclic amines) is 1. The molecule has 1 aliphatic heterocycles. The van der Waals surface area contributed by atoms with Crippen LogP contribution in [0.4, 0.5) is 11.4 Å². The lowest BCUT2D eigenvalue weighted by Gasteiger charge is -2.14. The van der Waals surface area contributed by atoms with Crippen LogP contribution in [-0.4, -0.2) is 29.8 Å². The number of benzene rings is 2. The maximum absolute atomic E-state index is 12.3. The molecule has 0 radical (unpaired) electrons. The second kappa shape index (κ2) is 10.8. The summed E-state index contributed by atoms with van der Waals surface area (Å²) < 4.78 is 0. The van der Waals surface area contributed by atoms with E-state index in [9.17, 15) is 9.59 Å². The van der Waals surface area contributed by atoms with E-state index in [1.165, 1.54) is 24.8 Å². The van der Waals surface area contributed by atoms with E-state index in [1.54, 1.807) is 4.90 Å². The third kappa shape index (κ3) is 6.09. The van der Waals surface area contributed by atoms with Gasteiger partial charge in [-0.05, 0) is 55.2 Å². The Morgan fingerprint density at radius 2 is 1.60 bits per heavy atom. The van der Waals surface area contributed by atoms with Gasteiger partial charge in [0.15, 0.2) is 0 Å². The predicted octanol–water partition coefficient (Wildman–Crippen LogP) is 4.65. The minimum atomic E-state index is -0.233. The number of nitrogens with one attached hydrogen (secondary N) is 2. The first-order valence-corrected chi connectivity index (χ1v) is 11.1. The van der Waals surface area contributed by atoms with Gasteiger partial charge in [-0.1, -0.05) is 44.0 Å². The van der Waals surface area contributed by atoms with Gasteiger partial charge in [-0.15, -0.1) is 0 Å². The molecule has 5 nitrogen and oxygen atoms in total. The average molecular weight is 408 g/mol. The molecule has 1 atom stereocenters. The molecule has 0 bridgehead atoms. The molecule has 5 heteroatoms. The number of carbonyl (C=O) groups excluding carboxylic acids is 2. The van der Waals surface area contributed by atoms with Crippen LogP contribution in [0, 0.1) is 5.92 Å². The van der Waals surface area contributed by atoms with Crippen molar-refractivity contribution in [3.63, 3.8) is 0 Å². The molecule has 1 saturated heterocycles. The second-order valence-corrected chi connectivity index (χ2v) is 8.03. The fourth-order valence-electron chi connectivity index (χ4n) is 3.79. The van der Waals surface area contributed by atoms with Gasteiger partial charge in [0.25, 0.3) is 0 Å². The molecule has 2 amide bonds. The van der Waals surface area contributed by atoms with E-state index in [1.807, 2.05) is 31.2 Å². The monoisotopic (exact) mass is 407 g/mol. The topological polar surface area (TPSA) is 61.4 Å². The number of aryl methyl sites for hydroxylation is 1. The lowest BCUT2D eigenvalue weighted by atomic mass is 10.1. The Morgan fingerprint density at radius 1 is 0.967 bits per heavy atom. The summed E-state index contributed by atoms with van der Waals surface area (Å²) in [6.45, 7) is 5.84. The normalized spacial score (nSPS) is 16.0. The standard InChI is InChI=1S/C25H33N3O2/c1-3-5-6-7-19-8-12-22(13-9-19)27-23-14-10-20(11-15-23)17-26-25(30)21-16-24(29)28(4-2)18-21/h8-15,21,27H,3-7,16-18H2,1-2H3,(H,26,30). The quantitative estimate of drug-likeness (QED) is 0.564. The molecule has 0 aliphatic carbocycles. The summed E-state index contributed by atoms with van der Waals surface area (Å²) in [5.41, 5.74) is 4.51. The summed E-state index contributed by atoms with van der Waals surface area (Å²) in [6, 6.07) is 16.7. The van der Waals surface area contributed by atoms with E-state index in [0.717, 1.165) is 23.4 Å². The van der Waals surface area contributed by atoms with Crippen LogP contribution < -0.4 is 10.6 Å². The number of rotatable bonds is 10. The maximum atomic E-state index is 12.3. The van der Waals surface area contributed by atoms with E-state index in [2.05, 4.69) is 41.8 Å². The Hall–Kier alpha value is -2.82. The largest absolute Gasteiger partial charge is 0.356 e. The summed E-state index contributed by atoms with van der Waals surface area (Å²) in [6.07, 6.45) is 5.23. The van der Waals surface area contributed by atoms with Gasteiger partial charge in [-0.2, -0.15) is 0 Å². The van der Waals surface area contributed by atoms with Crippen molar-refractivity contribution in [2.45, 2.75) is 52.5 Å². The van der Waals surface area contributed by atoms with Gasteiger partial charge >= 0.3 is 0 Å². The first kappa shape index (κ1) is 21.9. The number of amides is 2. The van der Waals surface area contributed by atoms with Crippen molar-refractivity contribution in [2.75, 3.05) is 18.4 Å². The number of carbonyl (C=O) groups is 2. The van der Waals surface area contributed by atoms with Crippen molar-refractivity contribution in [3.8, 4) is 0 Å². The Bertz CT molecular complexity index is 830. The lowest BCUT2D eigenvalue weighted by molar-refractivity contribution is -0.128. The fourth-order valence-corrected chi connectivity index (χ4v) is 3.79. The molecule has 0 spiro atoms. The summed E-state index contributed by atoms with van der Waals surface area (Å²) in [7, 11) is 0. The molecule has 160 valence electrons. The van der Waals surface area contributed by atoms with Gasteiger partial charge in [-0.3, -0.25) is 9.59 Å². The van der Waals surface area contributed by atoms with Gasteiger partial charge < -0.3 is 15.5 Å². The van der Waals surface area contributed by atoms with E-state index in [0.29, 0.717) is 26.1 Å². The molecular formula is C25H33N3O2. The molecule has 1 unspecified atom stereocenters. The zero-order chi connectivity index (χ0) is 21.3. The van der Waals surface area contributed by atoms with Crippen LogP contribution in [0.2, 0.25) is 0 Å². The van der Waals surface area contributed by atoms with Crippen molar-refractivity contribution in [1.29, 1.82) is 0 Å². The zero-order valence-electron chi connectivity index (χ0n) is 18.1. The Labute approximate surface area is 179 Å². The number of nitrogens with zero attached hydrogens (tertiary/aromatic N) is 1. The molecule has 1 aliphatic rings. The molecular weight excluding hydrogens is 374 g/mol. The predicted molar refractivity (Wildman–Crippen MR) is 122 cm³/mol. The lowest BCUT2D eigenvalue weighted by Crippen LogP contribution is -2.32. The maximum Gasteiger partial charge on any atom is 0.225 e. The number of hydrogen-bond donors (Lipinski definition) is 2. The Morgan fingerprint density at radius 3 is 2.17 bits per heavy atom. The number of anilines is 2. The molecule has 2 N–H and O–H groups in total. The van der Waals surface area contributed by atoms with Crippen LogP contribution in [0.5, 0.6) is 0 Å². The fraction of sp³-hybridized carbons (Fsp3) is 0.440. The van der Waals surface area contributed by atoms with E-state index in [4.69, 9.17) is 0 Å². The molecule has 1 fully saturated rings. The van der Waals surface area contributed by atoms with Gasteiger partial charge in [0.2, 0.25) is 11.8 Å². The molecule has 1 heterocycles. The summed E-state index contributed by atoms with van der Waals surface area (Å²) in [5, 5.41) is 6.39. The smallest absolute Gasteiger partial charge is 0.225 e. The number of hydrogen-bond acceptors (Lipinski definition) is 3. The Kier molecular flexibility index (Phi) is 7.89. The van der Waals surface area contributed by atoms with E-state index < -0.39 is 0 Å². The van der Waals surface area contributed by atoms with E-state index in [-0.39, 0.29) is 17.7 Å². The Balaban J connectivity index is 1.46. The van der Waals surface area contributed by atoms with Crippen molar-refractivity contribution >= 4 is 23.2 Å². The SMILES string of the molecule is CCCCCc1ccc(Nc2ccc(CNC(=O)C3CC(=O)N(CC)C3)cc2)cc1. The van der Waals surface area contributed by atoms with Crippen molar-refractivity contribution in [2.24, 2.45) is 5.92 Å². The summed E-state index contributed by atoms with van der Waals surface area (Å²) in [4.78, 5) is 25.9. The first-order valence-electron chi connectivity index (χ1n) is 11.1. The first-order chi connectivity index (χ1) is 14.6. The molecule has 3 rings (SSSR count).